The van der Waals surface area contributed by atoms with Crippen LogP contribution in [0.3, 0.4) is 0 Å². The highest BCUT2D eigenvalue weighted by Crippen LogP contribution is 2.20. The third-order valence-corrected chi connectivity index (χ3v) is 3.66. The molecule has 1 heterocycles. The molecule has 2 N–H and O–H groups in total. The molecule has 0 radical (unpaired) electrons. The second kappa shape index (κ2) is 8.89. The summed E-state index contributed by atoms with van der Waals surface area (Å²) in [5.74, 6) is 0.164. The van der Waals surface area contributed by atoms with Crippen LogP contribution in [-0.4, -0.2) is 41.8 Å². The summed E-state index contributed by atoms with van der Waals surface area (Å²) in [6, 6.07) is 7.38. The molecule has 1 aromatic heterocycles. The number of nitrogen functional groups attached to an aromatic ring is 1. The van der Waals surface area contributed by atoms with Crippen LogP contribution in [0.2, 0.25) is 0 Å². The molecule has 0 unspecified atom stereocenters. The first-order chi connectivity index (χ1) is 12.5. The van der Waals surface area contributed by atoms with Gasteiger partial charge in [0.05, 0.1) is 26.9 Å². The fourth-order valence-corrected chi connectivity index (χ4v) is 2.43. The number of nitrogens with zero attached hydrogens (tertiary/aromatic N) is 2. The third kappa shape index (κ3) is 4.53. The fourth-order valence-electron chi connectivity index (χ4n) is 2.43. The number of methoxy groups -OCH3 is 1. The van der Waals surface area contributed by atoms with Gasteiger partial charge >= 0.3 is 11.9 Å². The number of hydrogen-bond acceptors (Lipinski definition) is 7. The Hall–Kier alpha value is -3.03. The fraction of sp³-hybridized carbons (Fsp3) is 0.389. The number of rotatable bonds is 8. The lowest BCUT2D eigenvalue weighted by Crippen LogP contribution is -2.14. The van der Waals surface area contributed by atoms with Crippen molar-refractivity contribution in [2.45, 2.75) is 26.8 Å². The summed E-state index contributed by atoms with van der Waals surface area (Å²) in [5.41, 5.74) is 7.02. The predicted molar refractivity (Wildman–Crippen MR) is 95.0 cm³/mol. The summed E-state index contributed by atoms with van der Waals surface area (Å²) >= 11 is 0. The normalized spacial score (nSPS) is 10.4. The molecule has 2 rings (SSSR count). The Balaban J connectivity index is 2.35. The number of anilines is 1. The van der Waals surface area contributed by atoms with Gasteiger partial charge in [0.1, 0.15) is 23.8 Å². The topological polar surface area (TPSA) is 106 Å². The molecule has 0 spiro atoms. The van der Waals surface area contributed by atoms with Crippen molar-refractivity contribution >= 4 is 17.8 Å². The van der Waals surface area contributed by atoms with Crippen LogP contribution >= 0.6 is 0 Å². The van der Waals surface area contributed by atoms with E-state index in [1.54, 1.807) is 25.5 Å². The zero-order valence-electron chi connectivity index (χ0n) is 15.2. The van der Waals surface area contributed by atoms with Crippen LogP contribution in [-0.2, 0) is 27.2 Å². The summed E-state index contributed by atoms with van der Waals surface area (Å²) in [5, 5.41) is 0. The van der Waals surface area contributed by atoms with E-state index in [2.05, 4.69) is 4.98 Å². The number of benzene rings is 1. The van der Waals surface area contributed by atoms with Crippen LogP contribution in [0, 0.1) is 0 Å². The van der Waals surface area contributed by atoms with Crippen LogP contribution in [0.1, 0.15) is 35.7 Å². The van der Waals surface area contributed by atoms with Gasteiger partial charge in [-0.3, -0.25) is 4.79 Å². The molecule has 0 amide bonds. The molecule has 0 aliphatic heterocycles. The molecule has 0 saturated carbocycles. The maximum absolute atomic E-state index is 12.1. The maximum Gasteiger partial charge on any atom is 0.360 e. The number of nitrogens with two attached hydrogens (primary N) is 1. The number of aromatic nitrogens is 2. The molecule has 0 atom stereocenters. The molecule has 140 valence electrons. The highest BCUT2D eigenvalue weighted by Gasteiger charge is 2.23. The highest BCUT2D eigenvalue weighted by molar-refractivity contribution is 5.92. The SMILES string of the molecule is CCOC(=O)Cc1nc(C(=O)OCC)c(N)n1Cc1ccc(OC)cc1. The van der Waals surface area contributed by atoms with Gasteiger partial charge in [0.15, 0.2) is 5.69 Å². The van der Waals surface area contributed by atoms with Gasteiger partial charge in [0.2, 0.25) is 0 Å². The van der Waals surface area contributed by atoms with Crippen molar-refractivity contribution in [1.82, 2.24) is 9.55 Å². The van der Waals surface area contributed by atoms with Gasteiger partial charge in [-0.05, 0) is 31.5 Å². The summed E-state index contributed by atoms with van der Waals surface area (Å²) < 4.78 is 16.7. The second-order valence-corrected chi connectivity index (χ2v) is 5.40. The van der Waals surface area contributed by atoms with E-state index < -0.39 is 11.9 Å². The Kier molecular flexibility index (Phi) is 6.60. The van der Waals surface area contributed by atoms with E-state index in [0.717, 1.165) is 11.3 Å². The number of ether oxygens (including phenoxy) is 3. The average molecular weight is 361 g/mol. The van der Waals surface area contributed by atoms with Gasteiger partial charge in [-0.1, -0.05) is 12.1 Å². The van der Waals surface area contributed by atoms with Crippen LogP contribution < -0.4 is 10.5 Å². The van der Waals surface area contributed by atoms with Crippen molar-refractivity contribution in [3.63, 3.8) is 0 Å². The van der Waals surface area contributed by atoms with Gasteiger partial charge in [-0.15, -0.1) is 0 Å². The van der Waals surface area contributed by atoms with Gasteiger partial charge < -0.3 is 24.5 Å². The van der Waals surface area contributed by atoms with E-state index in [1.165, 1.54) is 0 Å². The molecule has 0 fully saturated rings. The largest absolute Gasteiger partial charge is 0.497 e. The smallest absolute Gasteiger partial charge is 0.360 e. The van der Waals surface area contributed by atoms with E-state index >= 15 is 0 Å². The Labute approximate surface area is 151 Å². The average Bonchev–Trinajstić information content (AvgIpc) is 2.92. The Morgan fingerprint density at radius 2 is 1.77 bits per heavy atom. The van der Waals surface area contributed by atoms with Crippen molar-refractivity contribution < 1.29 is 23.8 Å². The van der Waals surface area contributed by atoms with E-state index in [1.807, 2.05) is 24.3 Å². The monoisotopic (exact) mass is 361 g/mol. The van der Waals surface area contributed by atoms with E-state index in [4.69, 9.17) is 19.9 Å². The van der Waals surface area contributed by atoms with E-state index in [0.29, 0.717) is 12.4 Å². The van der Waals surface area contributed by atoms with E-state index in [9.17, 15) is 9.59 Å². The van der Waals surface area contributed by atoms with Gasteiger partial charge in [0.25, 0.3) is 0 Å². The van der Waals surface area contributed by atoms with Crippen molar-refractivity contribution in [2.75, 3.05) is 26.1 Å². The molecule has 0 saturated heterocycles. The maximum atomic E-state index is 12.1. The predicted octanol–water partition coefficient (Wildman–Crippen LogP) is 1.80. The standard InChI is InChI=1S/C18H23N3O5/c1-4-25-15(22)10-14-20-16(18(23)26-5-2)17(19)21(14)11-12-6-8-13(24-3)9-7-12/h6-9H,4-5,10-11,19H2,1-3H3. The Morgan fingerprint density at radius 1 is 1.12 bits per heavy atom. The second-order valence-electron chi connectivity index (χ2n) is 5.40. The first-order valence-corrected chi connectivity index (χ1v) is 8.30. The summed E-state index contributed by atoms with van der Waals surface area (Å²) in [6.07, 6.45) is -0.0897. The minimum atomic E-state index is -0.622. The highest BCUT2D eigenvalue weighted by atomic mass is 16.5. The summed E-state index contributed by atoms with van der Waals surface area (Å²) in [7, 11) is 1.59. The van der Waals surface area contributed by atoms with Crippen molar-refractivity contribution in [1.29, 1.82) is 0 Å². The first kappa shape index (κ1) is 19.3. The number of esters is 2. The molecule has 8 heteroatoms. The summed E-state index contributed by atoms with van der Waals surface area (Å²) in [6.45, 7) is 4.23. The van der Waals surface area contributed by atoms with Crippen LogP contribution in [0.4, 0.5) is 5.82 Å². The number of carbonyl (C=O) groups is 2. The molecule has 0 bridgehead atoms. The molecule has 0 aliphatic rings. The number of hydrogen-bond donors (Lipinski definition) is 1. The van der Waals surface area contributed by atoms with E-state index in [-0.39, 0.29) is 31.1 Å². The molecule has 0 aliphatic carbocycles. The Morgan fingerprint density at radius 3 is 2.35 bits per heavy atom. The van der Waals surface area contributed by atoms with Gasteiger partial charge in [-0.2, -0.15) is 0 Å². The quantitative estimate of drug-likeness (QED) is 0.715. The van der Waals surface area contributed by atoms with Gasteiger partial charge in [-0.25, -0.2) is 9.78 Å². The zero-order chi connectivity index (χ0) is 19.1. The van der Waals surface area contributed by atoms with Crippen molar-refractivity contribution in [3.05, 3.63) is 41.3 Å². The molecule has 2 aromatic rings. The molecular weight excluding hydrogens is 338 g/mol. The number of carbonyl (C=O) groups excluding carboxylic acids is 2. The van der Waals surface area contributed by atoms with Crippen LogP contribution in [0.25, 0.3) is 0 Å². The molecule has 1 aromatic carbocycles. The first-order valence-electron chi connectivity index (χ1n) is 8.30. The zero-order valence-corrected chi connectivity index (χ0v) is 15.2. The Bertz CT molecular complexity index is 768. The van der Waals surface area contributed by atoms with Crippen molar-refractivity contribution in [2.24, 2.45) is 0 Å². The van der Waals surface area contributed by atoms with Gasteiger partial charge in [0, 0.05) is 0 Å². The minimum Gasteiger partial charge on any atom is -0.497 e. The third-order valence-electron chi connectivity index (χ3n) is 3.66. The van der Waals surface area contributed by atoms with Crippen LogP contribution in [0.15, 0.2) is 24.3 Å². The lowest BCUT2D eigenvalue weighted by atomic mass is 10.2. The lowest BCUT2D eigenvalue weighted by molar-refractivity contribution is -0.142. The van der Waals surface area contributed by atoms with Crippen molar-refractivity contribution in [3.8, 4) is 5.75 Å². The number of imidazole rings is 1. The molecular formula is C18H23N3O5. The molecule has 26 heavy (non-hydrogen) atoms. The van der Waals surface area contributed by atoms with Crippen LogP contribution in [0.5, 0.6) is 5.75 Å². The molecule has 8 nitrogen and oxygen atoms in total. The lowest BCUT2D eigenvalue weighted by Gasteiger charge is -2.10. The minimum absolute atomic E-state index is 0.000315. The summed E-state index contributed by atoms with van der Waals surface area (Å²) in [4.78, 5) is 28.2.